The number of benzene rings is 2. The number of aryl methyl sites for hydroxylation is 1. The average Bonchev–Trinajstić information content (AvgIpc) is 2.83. The Morgan fingerprint density at radius 2 is 1.28 bits per heavy atom. The Morgan fingerprint density at radius 3 is 1.94 bits per heavy atom. The number of hydrogen-bond acceptors (Lipinski definition) is 0. The van der Waals surface area contributed by atoms with Crippen molar-refractivity contribution in [2.45, 2.75) is 6.92 Å². The minimum absolute atomic E-state index is 0.319. The van der Waals surface area contributed by atoms with Gasteiger partial charge in [-0.05, 0) is 29.2 Å². The van der Waals surface area contributed by atoms with Crippen molar-refractivity contribution in [3.8, 4) is 16.2 Å². The highest BCUT2D eigenvalue weighted by Gasteiger charge is 2.09. The molecule has 3 aromatic rings. The van der Waals surface area contributed by atoms with Crippen molar-refractivity contribution in [2.75, 3.05) is 0 Å². The normalized spacial score (nSPS) is 11.5. The Morgan fingerprint density at radius 1 is 0.667 bits per heavy atom. The summed E-state index contributed by atoms with van der Waals surface area (Å²) in [6.07, 6.45) is 0. The van der Waals surface area contributed by atoms with Crippen LogP contribution in [0.2, 0.25) is 0 Å². The molecular formula is C17H15P. The second-order valence-electron chi connectivity index (χ2n) is 4.40. The third kappa shape index (κ3) is 2.00. The second-order valence-corrected chi connectivity index (χ2v) is 6.77. The summed E-state index contributed by atoms with van der Waals surface area (Å²) in [6, 6.07) is 26.1. The van der Waals surface area contributed by atoms with Crippen molar-refractivity contribution in [1.29, 1.82) is 0 Å². The second kappa shape index (κ2) is 4.84. The van der Waals surface area contributed by atoms with E-state index in [1.807, 2.05) is 0 Å². The number of hydrogen-bond donors (Lipinski definition) is 0. The molecule has 0 aliphatic rings. The molecule has 0 aliphatic heterocycles. The molecule has 0 radical (unpaired) electrons. The molecule has 1 atom stereocenters. The molecule has 1 aromatic heterocycles. The summed E-state index contributed by atoms with van der Waals surface area (Å²) in [4.78, 5) is 0. The fraction of sp³-hybridized carbons (Fsp3) is 0.0588. The maximum atomic E-state index is 2.28. The van der Waals surface area contributed by atoms with Gasteiger partial charge >= 0.3 is 0 Å². The van der Waals surface area contributed by atoms with Crippen LogP contribution in [0.5, 0.6) is 0 Å². The van der Waals surface area contributed by atoms with E-state index in [1.165, 1.54) is 21.5 Å². The van der Waals surface area contributed by atoms with Crippen LogP contribution in [0.1, 0.15) is 5.30 Å². The van der Waals surface area contributed by atoms with Gasteiger partial charge in [0.25, 0.3) is 0 Å². The average molecular weight is 250 g/mol. The molecule has 18 heavy (non-hydrogen) atoms. The predicted molar refractivity (Wildman–Crippen MR) is 80.7 cm³/mol. The molecule has 0 nitrogen and oxygen atoms in total. The minimum Gasteiger partial charge on any atom is -0.0823 e. The van der Waals surface area contributed by atoms with Crippen LogP contribution in [0.15, 0.2) is 72.8 Å². The minimum atomic E-state index is -0.319. The van der Waals surface area contributed by atoms with E-state index in [-0.39, 0.29) is 7.53 Å². The highest BCUT2D eigenvalue weighted by atomic mass is 31.1. The Kier molecular flexibility index (Phi) is 3.04. The molecular weight excluding hydrogens is 235 g/mol. The van der Waals surface area contributed by atoms with Crippen LogP contribution < -0.4 is 0 Å². The summed E-state index contributed by atoms with van der Waals surface area (Å²) in [6.45, 7) is 2.24. The Hall–Kier alpha value is -1.78. The molecule has 0 saturated carbocycles. The van der Waals surface area contributed by atoms with Crippen molar-refractivity contribution in [3.63, 3.8) is 0 Å². The standard InChI is InChI=1S/C17H15P/c1-14-12-13-17(15-8-4-2-5-9-15)18(14)16-10-6-3-7-11-16/h2-13H,1H3. The van der Waals surface area contributed by atoms with Crippen LogP contribution in [-0.2, 0) is 0 Å². The van der Waals surface area contributed by atoms with Gasteiger partial charge in [0.15, 0.2) is 0 Å². The maximum absolute atomic E-state index is 2.28. The fourth-order valence-corrected chi connectivity index (χ4v) is 4.68. The SMILES string of the molecule is Cc1ccc(-c2ccccc2)p1-c1ccccc1. The van der Waals surface area contributed by atoms with E-state index in [1.54, 1.807) is 0 Å². The van der Waals surface area contributed by atoms with Gasteiger partial charge in [-0.1, -0.05) is 74.3 Å². The first-order valence-electron chi connectivity index (χ1n) is 6.15. The van der Waals surface area contributed by atoms with Gasteiger partial charge < -0.3 is 0 Å². The zero-order chi connectivity index (χ0) is 12.4. The van der Waals surface area contributed by atoms with Gasteiger partial charge in [-0.15, -0.1) is 0 Å². The van der Waals surface area contributed by atoms with Crippen LogP contribution >= 0.6 is 7.53 Å². The smallest absolute Gasteiger partial charge is 0.00588 e. The Balaban J connectivity index is 2.19. The molecule has 0 spiro atoms. The van der Waals surface area contributed by atoms with Crippen LogP contribution in [0.3, 0.4) is 0 Å². The largest absolute Gasteiger partial charge is 0.0823 e. The summed E-state index contributed by atoms with van der Waals surface area (Å²) in [7, 11) is -0.319. The molecule has 1 heterocycles. The molecule has 1 heteroatoms. The third-order valence-corrected chi connectivity index (χ3v) is 5.72. The lowest BCUT2D eigenvalue weighted by Crippen LogP contribution is -1.72. The van der Waals surface area contributed by atoms with E-state index >= 15 is 0 Å². The molecule has 0 saturated heterocycles. The molecule has 0 bridgehead atoms. The van der Waals surface area contributed by atoms with Crippen molar-refractivity contribution in [2.24, 2.45) is 0 Å². The van der Waals surface area contributed by atoms with Crippen molar-refractivity contribution in [1.82, 2.24) is 0 Å². The van der Waals surface area contributed by atoms with Crippen LogP contribution in [0.25, 0.3) is 16.2 Å². The zero-order valence-corrected chi connectivity index (χ0v) is 11.3. The first kappa shape index (κ1) is 11.3. The van der Waals surface area contributed by atoms with Gasteiger partial charge in [-0.25, -0.2) is 0 Å². The molecule has 3 rings (SSSR count). The fourth-order valence-electron chi connectivity index (χ4n) is 2.29. The first-order chi connectivity index (χ1) is 8.86. The lowest BCUT2D eigenvalue weighted by atomic mass is 10.2. The number of rotatable bonds is 2. The van der Waals surface area contributed by atoms with Crippen LogP contribution in [-0.4, -0.2) is 0 Å². The summed E-state index contributed by atoms with van der Waals surface area (Å²) in [5.41, 5.74) is 1.35. The monoisotopic (exact) mass is 250 g/mol. The van der Waals surface area contributed by atoms with Gasteiger partial charge in [0.1, 0.15) is 0 Å². The molecule has 88 valence electrons. The predicted octanol–water partition coefficient (Wildman–Crippen LogP) is 5.64. The lowest BCUT2D eigenvalue weighted by molar-refractivity contribution is 1.63. The van der Waals surface area contributed by atoms with E-state index in [0.717, 1.165) is 0 Å². The molecule has 0 fully saturated rings. The Bertz CT molecular complexity index is 636. The zero-order valence-electron chi connectivity index (χ0n) is 10.4. The summed E-state index contributed by atoms with van der Waals surface area (Å²) in [5.74, 6) is 0. The summed E-state index contributed by atoms with van der Waals surface area (Å²) in [5, 5.41) is 4.39. The first-order valence-corrected chi connectivity index (χ1v) is 7.49. The van der Waals surface area contributed by atoms with Crippen molar-refractivity contribution in [3.05, 3.63) is 78.1 Å². The molecule has 2 aromatic carbocycles. The molecule has 0 aliphatic carbocycles. The van der Waals surface area contributed by atoms with E-state index in [4.69, 9.17) is 0 Å². The molecule has 0 amide bonds. The quantitative estimate of drug-likeness (QED) is 0.552. The highest BCUT2D eigenvalue weighted by Crippen LogP contribution is 2.52. The van der Waals surface area contributed by atoms with Crippen LogP contribution in [0.4, 0.5) is 0 Å². The van der Waals surface area contributed by atoms with Crippen molar-refractivity contribution < 1.29 is 0 Å². The lowest BCUT2D eigenvalue weighted by Gasteiger charge is -2.08. The highest BCUT2D eigenvalue weighted by molar-refractivity contribution is 7.61. The summed E-state index contributed by atoms with van der Waals surface area (Å²) >= 11 is 0. The van der Waals surface area contributed by atoms with E-state index in [2.05, 4.69) is 79.7 Å². The van der Waals surface area contributed by atoms with E-state index in [9.17, 15) is 0 Å². The maximum Gasteiger partial charge on any atom is 0.00588 e. The van der Waals surface area contributed by atoms with Gasteiger partial charge in [0, 0.05) is 5.30 Å². The van der Waals surface area contributed by atoms with Gasteiger partial charge in [-0.2, -0.15) is 0 Å². The van der Waals surface area contributed by atoms with Gasteiger partial charge in [-0.3, -0.25) is 0 Å². The van der Waals surface area contributed by atoms with Crippen LogP contribution in [0, 0.1) is 6.92 Å². The van der Waals surface area contributed by atoms with E-state index in [0.29, 0.717) is 0 Å². The van der Waals surface area contributed by atoms with E-state index < -0.39 is 0 Å². The summed E-state index contributed by atoms with van der Waals surface area (Å²) < 4.78 is 0. The third-order valence-electron chi connectivity index (χ3n) is 3.16. The topological polar surface area (TPSA) is 0 Å². The van der Waals surface area contributed by atoms with Gasteiger partial charge in [0.2, 0.25) is 0 Å². The van der Waals surface area contributed by atoms with Gasteiger partial charge in [0.05, 0.1) is 0 Å². The Labute approximate surface area is 109 Å². The van der Waals surface area contributed by atoms with Crippen molar-refractivity contribution >= 4 is 7.53 Å². The molecule has 0 N–H and O–H groups in total. The molecule has 1 unspecified atom stereocenters.